The zero-order valence-electron chi connectivity index (χ0n) is 37.3. The van der Waals surface area contributed by atoms with Crippen molar-refractivity contribution < 1.29 is 0 Å². The Balaban J connectivity index is 1.04. The van der Waals surface area contributed by atoms with E-state index in [1.807, 2.05) is 0 Å². The summed E-state index contributed by atoms with van der Waals surface area (Å²) in [5.74, 6) is 0. The van der Waals surface area contributed by atoms with Crippen LogP contribution in [0.5, 0.6) is 0 Å². The van der Waals surface area contributed by atoms with Crippen LogP contribution in [-0.2, 0) is 5.41 Å². The summed E-state index contributed by atoms with van der Waals surface area (Å²) in [4.78, 5) is 2.54. The molecule has 2 nitrogen and oxygen atoms in total. The monoisotopic (exact) mass is 856 g/mol. The van der Waals surface area contributed by atoms with Gasteiger partial charge in [0.15, 0.2) is 0 Å². The fraction of sp³-hybridized carbons (Fsp3) is 0.0769. The van der Waals surface area contributed by atoms with E-state index in [1.54, 1.807) is 0 Å². The van der Waals surface area contributed by atoms with E-state index in [-0.39, 0.29) is 5.41 Å². The van der Waals surface area contributed by atoms with Gasteiger partial charge in [0, 0.05) is 38.8 Å². The maximum absolute atomic E-state index is 2.55. The van der Waals surface area contributed by atoms with Crippen LogP contribution in [0.3, 0.4) is 0 Å². The lowest BCUT2D eigenvalue weighted by Crippen LogP contribution is -2.21. The second-order valence-electron chi connectivity index (χ2n) is 18.3. The number of para-hydroxylation sites is 3. The molecule has 2 aliphatic rings. The van der Waals surface area contributed by atoms with Crippen LogP contribution in [0.4, 0.5) is 17.1 Å². The first-order valence-electron chi connectivity index (χ1n) is 23.8. The van der Waals surface area contributed by atoms with E-state index in [4.69, 9.17) is 0 Å². The van der Waals surface area contributed by atoms with Crippen LogP contribution < -0.4 is 4.90 Å². The van der Waals surface area contributed by atoms with Crippen molar-refractivity contribution in [1.29, 1.82) is 0 Å². The molecule has 13 rings (SSSR count). The van der Waals surface area contributed by atoms with Gasteiger partial charge in [-0.25, -0.2) is 0 Å². The summed E-state index contributed by atoms with van der Waals surface area (Å²) in [7, 11) is 0. The van der Waals surface area contributed by atoms with Crippen molar-refractivity contribution >= 4 is 38.9 Å². The van der Waals surface area contributed by atoms with Crippen LogP contribution in [0, 0.1) is 0 Å². The fourth-order valence-electron chi connectivity index (χ4n) is 11.9. The average Bonchev–Trinajstić information content (AvgIpc) is 4.11. The van der Waals surface area contributed by atoms with E-state index < -0.39 is 0 Å². The molecular weight excluding hydrogens is 809 g/mol. The molecule has 0 N–H and O–H groups in total. The summed E-state index contributed by atoms with van der Waals surface area (Å²) >= 11 is 0. The molecule has 0 aliphatic heterocycles. The Morgan fingerprint density at radius 2 is 0.881 bits per heavy atom. The first kappa shape index (κ1) is 39.2. The highest BCUT2D eigenvalue weighted by Gasteiger charge is 2.45. The molecular formula is C65H48N2. The Kier molecular flexibility index (Phi) is 9.39. The van der Waals surface area contributed by atoms with E-state index in [0.29, 0.717) is 0 Å². The summed E-state index contributed by atoms with van der Waals surface area (Å²) in [6, 6.07) is 89.9. The molecule has 2 aliphatic carbocycles. The molecule has 1 spiro atoms. The minimum Gasteiger partial charge on any atom is -0.310 e. The Hall–Kier alpha value is -8.20. The molecule has 11 aromatic rings. The Morgan fingerprint density at radius 1 is 0.343 bits per heavy atom. The van der Waals surface area contributed by atoms with E-state index >= 15 is 0 Å². The highest BCUT2D eigenvalue weighted by Crippen LogP contribution is 2.58. The molecule has 318 valence electrons. The summed E-state index contributed by atoms with van der Waals surface area (Å²) in [5.41, 5.74) is 22.4. The van der Waals surface area contributed by atoms with Crippen molar-refractivity contribution in [2.75, 3.05) is 4.90 Å². The number of hydrogen-bond acceptors (Lipinski definition) is 1. The normalized spacial score (nSPS) is 13.6. The quantitative estimate of drug-likeness (QED) is 0.148. The van der Waals surface area contributed by atoms with Crippen molar-refractivity contribution in [3.63, 3.8) is 0 Å². The Morgan fingerprint density at radius 3 is 1.67 bits per heavy atom. The number of anilines is 3. The molecule has 1 fully saturated rings. The standard InChI is InChI=1S/C65H48N2/c1-3-21-45(22-4-1)50-27-7-8-28-52(50)53-29-9-10-30-54(53)57-32-12-15-36-61(57)66(49-39-40-56-55-31-11-14-35-59(55)65(60(56)44-49)41-17-18-42-65)48-26-19-23-46(43-48)51-34-20-38-63-64(51)58-33-13-16-37-62(58)67(63)47-24-5-2-6-25-47/h1-16,19-40,43-44H,17-18,41-42H2. The van der Waals surface area contributed by atoms with Gasteiger partial charge in [-0.2, -0.15) is 0 Å². The fourth-order valence-corrected chi connectivity index (χ4v) is 11.9. The molecule has 0 amide bonds. The molecule has 67 heavy (non-hydrogen) atoms. The molecule has 10 aromatic carbocycles. The Labute approximate surface area is 392 Å². The molecule has 0 atom stereocenters. The number of hydrogen-bond donors (Lipinski definition) is 0. The first-order chi connectivity index (χ1) is 33.2. The number of benzene rings is 10. The number of rotatable bonds is 8. The van der Waals surface area contributed by atoms with Crippen molar-refractivity contribution in [2.24, 2.45) is 0 Å². The van der Waals surface area contributed by atoms with Crippen molar-refractivity contribution in [3.05, 3.63) is 254 Å². The molecule has 2 heteroatoms. The van der Waals surface area contributed by atoms with Crippen LogP contribution in [0.15, 0.2) is 243 Å². The van der Waals surface area contributed by atoms with Gasteiger partial charge < -0.3 is 9.47 Å². The van der Waals surface area contributed by atoms with Crippen molar-refractivity contribution in [3.8, 4) is 61.3 Å². The largest absolute Gasteiger partial charge is 0.310 e. The number of fused-ring (bicyclic) bond motifs is 8. The van der Waals surface area contributed by atoms with Gasteiger partial charge in [0.25, 0.3) is 0 Å². The maximum atomic E-state index is 2.55. The van der Waals surface area contributed by atoms with Crippen molar-refractivity contribution in [2.45, 2.75) is 31.1 Å². The first-order valence-corrected chi connectivity index (χ1v) is 23.8. The summed E-state index contributed by atoms with van der Waals surface area (Å²) < 4.78 is 2.41. The maximum Gasteiger partial charge on any atom is 0.0547 e. The molecule has 1 saturated carbocycles. The SMILES string of the molecule is c1ccc(-c2ccccc2-c2ccccc2-c2ccccc2N(c2cccc(-c3cccc4c3c3ccccc3n4-c3ccccc3)c2)c2ccc3c(c2)C2(CCCC2)c2ccccc2-3)cc1. The third-order valence-corrected chi connectivity index (χ3v) is 14.8. The zero-order valence-corrected chi connectivity index (χ0v) is 37.3. The van der Waals surface area contributed by atoms with Gasteiger partial charge in [-0.15, -0.1) is 0 Å². The second kappa shape index (κ2) is 16.0. The smallest absolute Gasteiger partial charge is 0.0547 e. The topological polar surface area (TPSA) is 8.17 Å². The molecule has 0 radical (unpaired) electrons. The second-order valence-corrected chi connectivity index (χ2v) is 18.3. The van der Waals surface area contributed by atoms with Crippen LogP contribution in [0.1, 0.15) is 36.8 Å². The van der Waals surface area contributed by atoms with E-state index in [9.17, 15) is 0 Å². The van der Waals surface area contributed by atoms with Crippen LogP contribution in [-0.4, -0.2) is 4.57 Å². The van der Waals surface area contributed by atoms with Gasteiger partial charge in [-0.3, -0.25) is 0 Å². The van der Waals surface area contributed by atoms with Gasteiger partial charge in [-0.1, -0.05) is 201 Å². The van der Waals surface area contributed by atoms with Gasteiger partial charge in [0.05, 0.1) is 16.7 Å². The minimum atomic E-state index is 0.0331. The van der Waals surface area contributed by atoms with Crippen LogP contribution in [0.25, 0.3) is 83.1 Å². The highest BCUT2D eigenvalue weighted by molar-refractivity contribution is 6.16. The third kappa shape index (κ3) is 6.32. The summed E-state index contributed by atoms with van der Waals surface area (Å²) in [6.45, 7) is 0. The molecule has 0 unspecified atom stereocenters. The lowest BCUT2D eigenvalue weighted by molar-refractivity contribution is 0.550. The summed E-state index contributed by atoms with van der Waals surface area (Å²) in [6.07, 6.45) is 4.86. The lowest BCUT2D eigenvalue weighted by Gasteiger charge is -2.31. The third-order valence-electron chi connectivity index (χ3n) is 14.8. The Bertz CT molecular complexity index is 3650. The average molecular weight is 857 g/mol. The van der Waals surface area contributed by atoms with Gasteiger partial charge in [-0.05, 0) is 129 Å². The van der Waals surface area contributed by atoms with E-state index in [2.05, 4.69) is 252 Å². The number of nitrogens with zero attached hydrogens (tertiary/aromatic N) is 2. The van der Waals surface area contributed by atoms with Gasteiger partial charge >= 0.3 is 0 Å². The zero-order chi connectivity index (χ0) is 44.3. The van der Waals surface area contributed by atoms with E-state index in [0.717, 1.165) is 17.1 Å². The molecule has 1 aromatic heterocycles. The highest BCUT2D eigenvalue weighted by atomic mass is 15.1. The van der Waals surface area contributed by atoms with Gasteiger partial charge in [0.2, 0.25) is 0 Å². The van der Waals surface area contributed by atoms with Crippen molar-refractivity contribution in [1.82, 2.24) is 4.57 Å². The lowest BCUT2D eigenvalue weighted by atomic mass is 9.76. The predicted molar refractivity (Wildman–Crippen MR) is 282 cm³/mol. The van der Waals surface area contributed by atoms with Crippen LogP contribution >= 0.6 is 0 Å². The number of aromatic nitrogens is 1. The predicted octanol–water partition coefficient (Wildman–Crippen LogP) is 17.8. The summed E-state index contributed by atoms with van der Waals surface area (Å²) in [5, 5.41) is 2.51. The molecule has 0 bridgehead atoms. The molecule has 0 saturated heterocycles. The van der Waals surface area contributed by atoms with Crippen LogP contribution in [0.2, 0.25) is 0 Å². The van der Waals surface area contributed by atoms with E-state index in [1.165, 1.54) is 120 Å². The minimum absolute atomic E-state index is 0.0331. The molecule has 1 heterocycles. The van der Waals surface area contributed by atoms with Gasteiger partial charge in [0.1, 0.15) is 0 Å².